The Bertz CT molecular complexity index is 505. The van der Waals surface area contributed by atoms with Crippen LogP contribution in [-0.2, 0) is 14.5 Å². The molecule has 15 heavy (non-hydrogen) atoms. The molecule has 3 heteroatoms. The molecule has 3 nitrogen and oxygen atoms in total. The lowest BCUT2D eigenvalue weighted by Gasteiger charge is -2.19. The third kappa shape index (κ3) is 0.899. The first-order valence-corrected chi connectivity index (χ1v) is 4.92. The van der Waals surface area contributed by atoms with Crippen LogP contribution in [0.2, 0.25) is 0 Å². The Hall–Kier alpha value is -1.42. The van der Waals surface area contributed by atoms with Crippen LogP contribution in [0, 0.1) is 0 Å². The molecule has 0 spiro atoms. The van der Waals surface area contributed by atoms with Crippen molar-refractivity contribution in [1.29, 1.82) is 0 Å². The fraction of sp³-hybridized carbons (Fsp3) is 0.167. The molecule has 0 N–H and O–H groups in total. The zero-order chi connectivity index (χ0) is 9.83. The smallest absolute Gasteiger partial charge is 0.221 e. The molecule has 2 aromatic carbocycles. The largest absolute Gasteiger partial charge is 0.309 e. The molecule has 0 amide bonds. The Morgan fingerprint density at radius 1 is 0.800 bits per heavy atom. The van der Waals surface area contributed by atoms with Gasteiger partial charge in [-0.1, -0.05) is 36.4 Å². The number of hydrogen-bond acceptors (Lipinski definition) is 3. The average Bonchev–Trinajstić information content (AvgIpc) is 2.71. The van der Waals surface area contributed by atoms with Crippen LogP contribution < -0.4 is 0 Å². The van der Waals surface area contributed by atoms with E-state index in [4.69, 9.17) is 14.5 Å². The van der Waals surface area contributed by atoms with Crippen LogP contribution in [0.4, 0.5) is 0 Å². The van der Waals surface area contributed by atoms with Gasteiger partial charge < -0.3 is 4.74 Å². The monoisotopic (exact) mass is 200 g/mol. The normalized spacial score (nSPS) is 27.2. The molecule has 4 rings (SSSR count). The third-order valence-electron chi connectivity index (χ3n) is 2.95. The van der Waals surface area contributed by atoms with E-state index in [1.807, 2.05) is 24.3 Å². The van der Waals surface area contributed by atoms with Crippen LogP contribution in [-0.4, -0.2) is 0 Å². The molecule has 2 aliphatic heterocycles. The van der Waals surface area contributed by atoms with Crippen LogP contribution in [0.5, 0.6) is 0 Å². The highest BCUT2D eigenvalue weighted by atomic mass is 17.3. The molecule has 2 atom stereocenters. The predicted molar refractivity (Wildman–Crippen MR) is 52.7 cm³/mol. The zero-order valence-electron chi connectivity index (χ0n) is 7.84. The van der Waals surface area contributed by atoms with Crippen molar-refractivity contribution >= 4 is 10.8 Å². The highest BCUT2D eigenvalue weighted by Gasteiger charge is 2.37. The second kappa shape index (κ2) is 2.58. The summed E-state index contributed by atoms with van der Waals surface area (Å²) in [7, 11) is 0. The maximum atomic E-state index is 5.57. The van der Waals surface area contributed by atoms with Crippen LogP contribution in [0.15, 0.2) is 36.4 Å². The predicted octanol–water partition coefficient (Wildman–Crippen LogP) is 2.83. The first-order chi connectivity index (χ1) is 7.43. The van der Waals surface area contributed by atoms with Crippen LogP contribution in [0.3, 0.4) is 0 Å². The van der Waals surface area contributed by atoms with Gasteiger partial charge in [-0.2, -0.15) is 9.78 Å². The van der Waals surface area contributed by atoms with Gasteiger partial charge in [-0.3, -0.25) is 0 Å². The molecule has 74 valence electrons. The molecule has 2 bridgehead atoms. The minimum atomic E-state index is -0.367. The lowest BCUT2D eigenvalue weighted by Crippen LogP contribution is -2.08. The third-order valence-corrected chi connectivity index (χ3v) is 2.95. The second-order valence-corrected chi connectivity index (χ2v) is 3.78. The van der Waals surface area contributed by atoms with Crippen LogP contribution in [0.25, 0.3) is 10.8 Å². The van der Waals surface area contributed by atoms with E-state index in [-0.39, 0.29) is 12.6 Å². The van der Waals surface area contributed by atoms with E-state index in [0.29, 0.717) is 0 Å². The van der Waals surface area contributed by atoms with Gasteiger partial charge in [0.05, 0.1) is 0 Å². The Balaban J connectivity index is 2.20. The second-order valence-electron chi connectivity index (χ2n) is 3.78. The van der Waals surface area contributed by atoms with Crippen LogP contribution >= 0.6 is 0 Å². The van der Waals surface area contributed by atoms with E-state index in [1.54, 1.807) is 0 Å². The number of rotatable bonds is 0. The van der Waals surface area contributed by atoms with Crippen molar-refractivity contribution in [3.05, 3.63) is 47.5 Å². The molecule has 2 aromatic rings. The van der Waals surface area contributed by atoms with Gasteiger partial charge in [0.1, 0.15) is 0 Å². The topological polar surface area (TPSA) is 27.7 Å². The summed E-state index contributed by atoms with van der Waals surface area (Å²) in [4.78, 5) is 10.3. The van der Waals surface area contributed by atoms with Gasteiger partial charge in [0.2, 0.25) is 12.6 Å². The minimum Gasteiger partial charge on any atom is -0.309 e. The molecule has 2 heterocycles. The standard InChI is InChI=1S/C12H8O3/c1-3-7-4-2-6-9-10(7)8(5-1)11-13-12(9)15-14-11/h1-6,11-12H. The number of benzene rings is 2. The number of ether oxygens (including phenoxy) is 1. The summed E-state index contributed by atoms with van der Waals surface area (Å²) in [6.07, 6.45) is -0.734. The lowest BCUT2D eigenvalue weighted by atomic mass is 9.97. The fourth-order valence-electron chi connectivity index (χ4n) is 2.30. The van der Waals surface area contributed by atoms with Crippen molar-refractivity contribution in [1.82, 2.24) is 0 Å². The summed E-state index contributed by atoms with van der Waals surface area (Å²) in [6, 6.07) is 12.2. The van der Waals surface area contributed by atoms with E-state index in [2.05, 4.69) is 12.1 Å². The van der Waals surface area contributed by atoms with Gasteiger partial charge in [-0.05, 0) is 10.8 Å². The molecular weight excluding hydrogens is 192 g/mol. The van der Waals surface area contributed by atoms with Gasteiger partial charge >= 0.3 is 0 Å². The van der Waals surface area contributed by atoms with E-state index in [0.717, 1.165) is 11.1 Å². The Labute approximate surface area is 86.1 Å². The quantitative estimate of drug-likeness (QED) is 0.612. The van der Waals surface area contributed by atoms with Crippen molar-refractivity contribution in [3.63, 3.8) is 0 Å². The number of fused-ring (bicyclic) bond motifs is 4. The Kier molecular flexibility index (Phi) is 1.34. The molecular formula is C12H8O3. The summed E-state index contributed by atoms with van der Waals surface area (Å²) in [5, 5.41) is 2.41. The molecule has 0 aliphatic carbocycles. The molecule has 0 radical (unpaired) electrons. The first kappa shape index (κ1) is 7.82. The van der Waals surface area contributed by atoms with Gasteiger partial charge in [0, 0.05) is 11.1 Å². The summed E-state index contributed by atoms with van der Waals surface area (Å²) in [5.74, 6) is 0. The molecule has 2 aliphatic rings. The average molecular weight is 200 g/mol. The highest BCUT2D eigenvalue weighted by molar-refractivity contribution is 5.89. The Morgan fingerprint density at radius 2 is 1.40 bits per heavy atom. The SMILES string of the molecule is c1cc2c3c(cccc3c1)C1OOC2O1. The summed E-state index contributed by atoms with van der Waals surface area (Å²) in [5.41, 5.74) is 2.11. The van der Waals surface area contributed by atoms with Crippen molar-refractivity contribution in [2.75, 3.05) is 0 Å². The van der Waals surface area contributed by atoms with Gasteiger partial charge in [0.15, 0.2) is 0 Å². The van der Waals surface area contributed by atoms with Crippen LogP contribution in [0.1, 0.15) is 23.7 Å². The Morgan fingerprint density at radius 3 is 2.00 bits per heavy atom. The van der Waals surface area contributed by atoms with E-state index in [1.165, 1.54) is 10.8 Å². The van der Waals surface area contributed by atoms with E-state index < -0.39 is 0 Å². The lowest BCUT2D eigenvalue weighted by molar-refractivity contribution is -0.298. The van der Waals surface area contributed by atoms with Crippen molar-refractivity contribution in [2.24, 2.45) is 0 Å². The van der Waals surface area contributed by atoms with Gasteiger partial charge in [0.25, 0.3) is 0 Å². The molecule has 0 saturated carbocycles. The molecule has 1 fully saturated rings. The summed E-state index contributed by atoms with van der Waals surface area (Å²) >= 11 is 0. The molecule has 2 unspecified atom stereocenters. The van der Waals surface area contributed by atoms with Gasteiger partial charge in [-0.25, -0.2) is 0 Å². The zero-order valence-corrected chi connectivity index (χ0v) is 7.84. The summed E-state index contributed by atoms with van der Waals surface area (Å²) in [6.45, 7) is 0. The van der Waals surface area contributed by atoms with E-state index >= 15 is 0 Å². The van der Waals surface area contributed by atoms with Crippen molar-refractivity contribution in [2.45, 2.75) is 12.6 Å². The highest BCUT2D eigenvalue weighted by Crippen LogP contribution is 2.46. The molecule has 1 saturated heterocycles. The summed E-state index contributed by atoms with van der Waals surface area (Å²) < 4.78 is 5.57. The van der Waals surface area contributed by atoms with Crippen molar-refractivity contribution < 1.29 is 14.5 Å². The number of hydrogen-bond donors (Lipinski definition) is 0. The van der Waals surface area contributed by atoms with Gasteiger partial charge in [-0.15, -0.1) is 0 Å². The first-order valence-electron chi connectivity index (χ1n) is 4.92. The fourth-order valence-corrected chi connectivity index (χ4v) is 2.30. The minimum absolute atomic E-state index is 0.367. The van der Waals surface area contributed by atoms with Crippen molar-refractivity contribution in [3.8, 4) is 0 Å². The maximum Gasteiger partial charge on any atom is 0.221 e. The maximum absolute atomic E-state index is 5.57. The molecule has 0 aromatic heterocycles. The van der Waals surface area contributed by atoms with E-state index in [9.17, 15) is 0 Å².